The van der Waals surface area contributed by atoms with Gasteiger partial charge >= 0.3 is 5.97 Å². The number of carbonyl (C=O) groups excluding carboxylic acids is 1. The van der Waals surface area contributed by atoms with Crippen LogP contribution in [0.3, 0.4) is 0 Å². The summed E-state index contributed by atoms with van der Waals surface area (Å²) in [5.74, 6) is 0.852. The van der Waals surface area contributed by atoms with Gasteiger partial charge < -0.3 is 14.2 Å². The molecule has 8 heteroatoms. The molecule has 1 unspecified atom stereocenters. The Balaban J connectivity index is 1.99. The number of rotatable bonds is 8. The molecule has 1 aromatic heterocycles. The van der Waals surface area contributed by atoms with Crippen molar-refractivity contribution in [2.75, 3.05) is 20.8 Å². The average Bonchev–Trinajstić information content (AvgIpc) is 3.18. The summed E-state index contributed by atoms with van der Waals surface area (Å²) in [6.45, 7) is 4.02. The number of fused-ring (bicyclic) bond motifs is 1. The monoisotopic (exact) mass is 492 g/mol. The number of hydrogen-bond acceptors (Lipinski definition) is 7. The summed E-state index contributed by atoms with van der Waals surface area (Å²) in [7, 11) is 3.19. The Morgan fingerprint density at radius 1 is 1.09 bits per heavy atom. The number of thiazole rings is 1. The first-order valence-corrected chi connectivity index (χ1v) is 12.3. The molecule has 0 N–H and O–H groups in total. The highest BCUT2D eigenvalue weighted by atomic mass is 32.1. The number of allylic oxidation sites excluding steroid dienone is 1. The van der Waals surface area contributed by atoms with Gasteiger partial charge in [0.1, 0.15) is 17.5 Å². The summed E-state index contributed by atoms with van der Waals surface area (Å²) in [6.07, 6.45) is 3.21. The van der Waals surface area contributed by atoms with Gasteiger partial charge in [0.05, 0.1) is 36.6 Å². The van der Waals surface area contributed by atoms with E-state index in [-0.39, 0.29) is 12.2 Å². The van der Waals surface area contributed by atoms with E-state index in [2.05, 4.69) is 0 Å². The zero-order valence-electron chi connectivity index (χ0n) is 20.2. The first-order chi connectivity index (χ1) is 17.0. The zero-order valence-corrected chi connectivity index (χ0v) is 21.1. The predicted octanol–water partition coefficient (Wildman–Crippen LogP) is 3.60. The Morgan fingerprint density at radius 2 is 1.83 bits per heavy atom. The number of methoxy groups -OCH3 is 2. The Hall–Kier alpha value is -3.65. The van der Waals surface area contributed by atoms with Gasteiger partial charge in [0.15, 0.2) is 4.80 Å². The summed E-state index contributed by atoms with van der Waals surface area (Å²) >= 11 is 1.31. The largest absolute Gasteiger partial charge is 0.497 e. The van der Waals surface area contributed by atoms with E-state index in [1.165, 1.54) is 11.3 Å². The van der Waals surface area contributed by atoms with E-state index in [9.17, 15) is 9.59 Å². The van der Waals surface area contributed by atoms with E-state index in [0.717, 1.165) is 17.7 Å². The van der Waals surface area contributed by atoms with Crippen molar-refractivity contribution in [3.05, 3.63) is 90.6 Å². The molecule has 1 aliphatic rings. The van der Waals surface area contributed by atoms with Crippen molar-refractivity contribution in [3.8, 4) is 11.5 Å². The van der Waals surface area contributed by atoms with Gasteiger partial charge in [-0.25, -0.2) is 9.79 Å². The summed E-state index contributed by atoms with van der Waals surface area (Å²) < 4.78 is 18.4. The fraction of sp³-hybridized carbons (Fsp3) is 0.296. The van der Waals surface area contributed by atoms with Crippen LogP contribution >= 0.6 is 11.3 Å². The van der Waals surface area contributed by atoms with E-state index in [4.69, 9.17) is 19.2 Å². The summed E-state index contributed by atoms with van der Waals surface area (Å²) in [6, 6.07) is 14.2. The van der Waals surface area contributed by atoms with Crippen LogP contribution in [0.15, 0.2) is 69.6 Å². The van der Waals surface area contributed by atoms with E-state index in [1.807, 2.05) is 61.5 Å². The van der Waals surface area contributed by atoms with Crippen LogP contribution < -0.4 is 24.4 Å². The topological polar surface area (TPSA) is 79.1 Å². The van der Waals surface area contributed by atoms with Crippen LogP contribution in [0, 0.1) is 0 Å². The molecule has 0 aliphatic carbocycles. The quantitative estimate of drug-likeness (QED) is 0.449. The molecule has 3 aromatic rings. The minimum atomic E-state index is -0.707. The molecule has 0 fully saturated rings. The molecular weight excluding hydrogens is 464 g/mol. The minimum Gasteiger partial charge on any atom is -0.497 e. The Labute approximate surface area is 207 Å². The van der Waals surface area contributed by atoms with Crippen LogP contribution in [0.5, 0.6) is 11.5 Å². The Bertz CT molecular complexity index is 1430. The maximum Gasteiger partial charge on any atom is 0.338 e. The maximum atomic E-state index is 13.8. The highest BCUT2D eigenvalue weighted by molar-refractivity contribution is 7.07. The van der Waals surface area contributed by atoms with Gasteiger partial charge in [0.25, 0.3) is 5.56 Å². The van der Waals surface area contributed by atoms with Crippen LogP contribution in [0.2, 0.25) is 0 Å². The predicted molar refractivity (Wildman–Crippen MR) is 136 cm³/mol. The number of esters is 1. The van der Waals surface area contributed by atoms with E-state index >= 15 is 0 Å². The van der Waals surface area contributed by atoms with Crippen molar-refractivity contribution in [2.24, 2.45) is 4.99 Å². The van der Waals surface area contributed by atoms with Crippen molar-refractivity contribution in [3.63, 3.8) is 0 Å². The third-order valence-corrected chi connectivity index (χ3v) is 6.72. The van der Waals surface area contributed by atoms with Crippen LogP contribution in [0.1, 0.15) is 43.9 Å². The molecular formula is C27H28N2O5S. The number of para-hydroxylation sites is 1. The molecule has 1 atom stereocenters. The van der Waals surface area contributed by atoms with E-state index in [0.29, 0.717) is 38.3 Å². The van der Waals surface area contributed by atoms with Crippen LogP contribution in [-0.4, -0.2) is 31.4 Å². The van der Waals surface area contributed by atoms with E-state index < -0.39 is 12.0 Å². The molecule has 0 spiro atoms. The van der Waals surface area contributed by atoms with Gasteiger partial charge in [-0.15, -0.1) is 0 Å². The fourth-order valence-electron chi connectivity index (χ4n) is 4.16. The molecule has 35 heavy (non-hydrogen) atoms. The van der Waals surface area contributed by atoms with Crippen molar-refractivity contribution in [1.82, 2.24) is 4.57 Å². The van der Waals surface area contributed by atoms with Gasteiger partial charge in [0.2, 0.25) is 0 Å². The minimum absolute atomic E-state index is 0.224. The second-order valence-corrected chi connectivity index (χ2v) is 8.94. The molecule has 182 valence electrons. The molecule has 0 saturated heterocycles. The Morgan fingerprint density at radius 3 is 2.49 bits per heavy atom. The van der Waals surface area contributed by atoms with Crippen molar-refractivity contribution >= 4 is 23.4 Å². The standard InChI is InChI=1S/C27H28N2O5S/c1-5-9-20-23(26(31)34-6-2)24(19-10-7-8-11-21(19)33-4)29-25(30)22(35-27(29)28-20)16-17-12-14-18(32-3)15-13-17/h7-8,10-16,24H,5-6,9H2,1-4H3/b22-16-. The number of benzene rings is 2. The molecule has 0 bridgehead atoms. The van der Waals surface area contributed by atoms with Crippen molar-refractivity contribution in [1.29, 1.82) is 0 Å². The summed E-state index contributed by atoms with van der Waals surface area (Å²) in [5, 5.41) is 0. The third kappa shape index (κ3) is 4.79. The van der Waals surface area contributed by atoms with Crippen molar-refractivity contribution < 1.29 is 19.0 Å². The number of carbonyl (C=O) groups is 1. The number of ether oxygens (including phenoxy) is 3. The van der Waals surface area contributed by atoms with Crippen LogP contribution in [-0.2, 0) is 9.53 Å². The average molecular weight is 493 g/mol. The lowest BCUT2D eigenvalue weighted by atomic mass is 9.93. The van der Waals surface area contributed by atoms with Gasteiger partial charge in [-0.2, -0.15) is 0 Å². The second kappa shape index (κ2) is 10.7. The molecule has 1 aliphatic heterocycles. The molecule has 4 rings (SSSR count). The second-order valence-electron chi connectivity index (χ2n) is 7.93. The van der Waals surface area contributed by atoms with Gasteiger partial charge in [0, 0.05) is 5.56 Å². The third-order valence-electron chi connectivity index (χ3n) is 5.74. The molecule has 2 aromatic carbocycles. The smallest absolute Gasteiger partial charge is 0.338 e. The Kier molecular flexibility index (Phi) is 7.51. The first kappa shape index (κ1) is 24.5. The molecule has 2 heterocycles. The fourth-order valence-corrected chi connectivity index (χ4v) is 5.18. The number of nitrogens with zero attached hydrogens (tertiary/aromatic N) is 2. The van der Waals surface area contributed by atoms with E-state index in [1.54, 1.807) is 25.7 Å². The highest BCUT2D eigenvalue weighted by Crippen LogP contribution is 2.36. The molecule has 7 nitrogen and oxygen atoms in total. The van der Waals surface area contributed by atoms with Gasteiger partial charge in [-0.3, -0.25) is 9.36 Å². The normalized spacial score (nSPS) is 15.4. The molecule has 0 saturated carbocycles. The lowest BCUT2D eigenvalue weighted by Crippen LogP contribution is -2.40. The molecule has 0 amide bonds. The zero-order chi connectivity index (χ0) is 24.9. The lowest BCUT2D eigenvalue weighted by Gasteiger charge is -2.26. The highest BCUT2D eigenvalue weighted by Gasteiger charge is 2.35. The van der Waals surface area contributed by atoms with Gasteiger partial charge in [-0.1, -0.05) is 55.0 Å². The molecule has 0 radical (unpaired) electrons. The summed E-state index contributed by atoms with van der Waals surface area (Å²) in [4.78, 5) is 32.3. The van der Waals surface area contributed by atoms with Crippen LogP contribution in [0.4, 0.5) is 0 Å². The maximum absolute atomic E-state index is 13.8. The summed E-state index contributed by atoms with van der Waals surface area (Å²) in [5.41, 5.74) is 2.36. The lowest BCUT2D eigenvalue weighted by molar-refractivity contribution is -0.139. The van der Waals surface area contributed by atoms with Crippen LogP contribution in [0.25, 0.3) is 6.08 Å². The first-order valence-electron chi connectivity index (χ1n) is 11.5. The SMILES string of the molecule is CCCC1=C(C(=O)OCC)C(c2ccccc2OC)n2c(s/c(=C\c3ccc(OC)cc3)c2=O)=N1. The van der Waals surface area contributed by atoms with Gasteiger partial charge in [-0.05, 0) is 43.2 Å². The number of hydrogen-bond donors (Lipinski definition) is 0. The number of aromatic nitrogens is 1. The van der Waals surface area contributed by atoms with Crippen molar-refractivity contribution in [2.45, 2.75) is 32.7 Å².